The lowest BCUT2D eigenvalue weighted by atomic mass is 9.84. The zero-order valence-corrected chi connectivity index (χ0v) is 21.2. The molecule has 9 heteroatoms. The smallest absolute Gasteiger partial charge is 0.408 e. The van der Waals surface area contributed by atoms with E-state index in [0.29, 0.717) is 36.6 Å². The maximum absolute atomic E-state index is 13.2. The molecule has 1 aromatic carbocycles. The highest BCUT2D eigenvalue weighted by molar-refractivity contribution is 6.30. The molecule has 2 aliphatic rings. The highest BCUT2D eigenvalue weighted by Crippen LogP contribution is 2.29. The minimum Gasteiger partial charge on any atom is -0.439 e. The third-order valence-corrected chi connectivity index (χ3v) is 7.20. The number of nitrogens with one attached hydrogen (secondary N) is 3. The van der Waals surface area contributed by atoms with Crippen LogP contribution in [0.2, 0.25) is 5.02 Å². The Hall–Kier alpha value is -2.61. The van der Waals surface area contributed by atoms with Gasteiger partial charge in [-0.15, -0.1) is 0 Å². The summed E-state index contributed by atoms with van der Waals surface area (Å²) in [5.74, 6) is -0.548. The topological polar surface area (TPSA) is 114 Å². The van der Waals surface area contributed by atoms with Crippen molar-refractivity contribution in [1.82, 2.24) is 16.0 Å². The second-order valence-electron chi connectivity index (χ2n) is 10.1. The number of rotatable bonds is 10. The van der Waals surface area contributed by atoms with E-state index in [-0.39, 0.29) is 18.2 Å². The summed E-state index contributed by atoms with van der Waals surface area (Å²) in [5, 5.41) is 8.75. The van der Waals surface area contributed by atoms with Crippen LogP contribution in [0.4, 0.5) is 4.79 Å². The van der Waals surface area contributed by atoms with Crippen LogP contribution in [-0.4, -0.2) is 42.8 Å². The van der Waals surface area contributed by atoms with Crippen molar-refractivity contribution in [1.29, 1.82) is 0 Å². The first kappa shape index (κ1) is 27.0. The van der Waals surface area contributed by atoms with Crippen molar-refractivity contribution in [3.05, 3.63) is 34.9 Å². The van der Waals surface area contributed by atoms with Gasteiger partial charge in [-0.05, 0) is 56.7 Å². The quantitative estimate of drug-likeness (QED) is 0.418. The Balaban J connectivity index is 1.66. The molecule has 1 aliphatic heterocycles. The van der Waals surface area contributed by atoms with Crippen LogP contribution in [0.1, 0.15) is 70.8 Å². The number of ether oxygens (including phenoxy) is 1. The van der Waals surface area contributed by atoms with E-state index in [9.17, 15) is 19.2 Å². The lowest BCUT2D eigenvalue weighted by molar-refractivity contribution is -0.127. The first-order valence-electron chi connectivity index (χ1n) is 12.5. The van der Waals surface area contributed by atoms with E-state index in [0.717, 1.165) is 31.2 Å². The van der Waals surface area contributed by atoms with Gasteiger partial charge in [0.1, 0.15) is 17.9 Å². The molecule has 1 saturated carbocycles. The minimum atomic E-state index is -0.970. The lowest BCUT2D eigenvalue weighted by Crippen LogP contribution is -2.52. The van der Waals surface area contributed by atoms with Gasteiger partial charge in [0.2, 0.25) is 11.8 Å². The van der Waals surface area contributed by atoms with E-state index < -0.39 is 29.7 Å². The monoisotopic (exact) mass is 505 g/mol. The number of hydrogen-bond acceptors (Lipinski definition) is 5. The summed E-state index contributed by atoms with van der Waals surface area (Å²) in [5.41, 5.74) is -0.244. The van der Waals surface area contributed by atoms with Gasteiger partial charge in [0.05, 0.1) is 6.04 Å². The molecule has 3 atom stereocenters. The van der Waals surface area contributed by atoms with Crippen LogP contribution in [-0.2, 0) is 24.7 Å². The van der Waals surface area contributed by atoms with E-state index in [4.69, 9.17) is 16.3 Å². The van der Waals surface area contributed by atoms with E-state index in [1.54, 1.807) is 32.0 Å². The largest absolute Gasteiger partial charge is 0.439 e. The number of hydrogen-bond donors (Lipinski definition) is 3. The molecule has 0 aromatic heterocycles. The highest BCUT2D eigenvalue weighted by Gasteiger charge is 2.33. The van der Waals surface area contributed by atoms with E-state index in [1.807, 2.05) is 6.07 Å². The fourth-order valence-corrected chi connectivity index (χ4v) is 5.11. The van der Waals surface area contributed by atoms with Gasteiger partial charge >= 0.3 is 6.09 Å². The lowest BCUT2D eigenvalue weighted by Gasteiger charge is -2.30. The van der Waals surface area contributed by atoms with Crippen LogP contribution in [0, 0.1) is 11.8 Å². The number of carbonyl (C=O) groups is 4. The van der Waals surface area contributed by atoms with Gasteiger partial charge < -0.3 is 25.5 Å². The normalized spacial score (nSPS) is 20.4. The molecule has 1 heterocycles. The zero-order chi connectivity index (χ0) is 25.4. The summed E-state index contributed by atoms with van der Waals surface area (Å²) in [6, 6.07) is 5.43. The molecule has 3 rings (SSSR count). The molecule has 8 nitrogen and oxygen atoms in total. The summed E-state index contributed by atoms with van der Waals surface area (Å²) in [7, 11) is 0. The average molecular weight is 506 g/mol. The molecule has 1 aromatic rings. The Bertz CT molecular complexity index is 916. The molecule has 3 amide bonds. The maximum atomic E-state index is 13.2. The van der Waals surface area contributed by atoms with Crippen LogP contribution in [0.25, 0.3) is 0 Å². The van der Waals surface area contributed by atoms with Gasteiger partial charge in [0, 0.05) is 17.5 Å². The first-order chi connectivity index (χ1) is 16.7. The molecular formula is C26H36ClN3O5. The summed E-state index contributed by atoms with van der Waals surface area (Å²) in [4.78, 5) is 49.7. The van der Waals surface area contributed by atoms with Crippen LogP contribution in [0.5, 0.6) is 0 Å². The molecule has 0 spiro atoms. The zero-order valence-electron chi connectivity index (χ0n) is 20.5. The number of halogens is 1. The van der Waals surface area contributed by atoms with Crippen molar-refractivity contribution in [3.63, 3.8) is 0 Å². The van der Waals surface area contributed by atoms with Crippen LogP contribution >= 0.6 is 11.6 Å². The number of carbonyl (C=O) groups excluding carboxylic acids is 4. The molecule has 192 valence electrons. The SMILES string of the molecule is CC(C)(OC(=O)N[C@@H](CC1CCCCC1)C(=O)N[C@H](C=O)C[C@@H]1CCNC1=O)c1cccc(Cl)c1. The summed E-state index contributed by atoms with van der Waals surface area (Å²) >= 11 is 6.09. The molecule has 35 heavy (non-hydrogen) atoms. The second-order valence-corrected chi connectivity index (χ2v) is 10.5. The predicted molar refractivity (Wildman–Crippen MR) is 133 cm³/mol. The number of amides is 3. The van der Waals surface area contributed by atoms with E-state index in [2.05, 4.69) is 16.0 Å². The van der Waals surface area contributed by atoms with Crippen LogP contribution in [0.15, 0.2) is 24.3 Å². The first-order valence-corrected chi connectivity index (χ1v) is 12.8. The number of benzene rings is 1. The average Bonchev–Trinajstić information content (AvgIpc) is 3.22. The molecule has 0 radical (unpaired) electrons. The molecule has 1 saturated heterocycles. The fraction of sp³-hybridized carbons (Fsp3) is 0.615. The standard InChI is InChI=1S/C26H36ClN3O5/c1-26(2,19-9-6-10-20(27)15-19)35-25(34)30-22(13-17-7-4-3-5-8-17)24(33)29-21(16-31)14-18-11-12-28-23(18)32/h6,9-10,15-18,21-22H,3-5,7-8,11-14H2,1-2H3,(H,28,32)(H,29,33)(H,30,34)/t18-,21-,22-/m0/s1. The molecular weight excluding hydrogens is 470 g/mol. The molecule has 3 N–H and O–H groups in total. The van der Waals surface area contributed by atoms with Crippen molar-refractivity contribution >= 4 is 35.8 Å². The number of aldehydes is 1. The molecule has 0 bridgehead atoms. The Morgan fingerprint density at radius 2 is 1.91 bits per heavy atom. The minimum absolute atomic E-state index is 0.102. The second kappa shape index (κ2) is 12.4. The Morgan fingerprint density at radius 1 is 1.17 bits per heavy atom. The van der Waals surface area contributed by atoms with Gasteiger partial charge in [-0.3, -0.25) is 9.59 Å². The third kappa shape index (κ3) is 7.95. The predicted octanol–water partition coefficient (Wildman–Crippen LogP) is 3.85. The van der Waals surface area contributed by atoms with E-state index >= 15 is 0 Å². The summed E-state index contributed by atoms with van der Waals surface area (Å²) in [6.07, 6.45) is 6.63. The maximum Gasteiger partial charge on any atom is 0.408 e. The Morgan fingerprint density at radius 3 is 2.54 bits per heavy atom. The Kier molecular flexibility index (Phi) is 9.55. The number of alkyl carbamates (subject to hydrolysis) is 1. The molecule has 0 unspecified atom stereocenters. The highest BCUT2D eigenvalue weighted by atomic mass is 35.5. The van der Waals surface area contributed by atoms with Crippen molar-refractivity contribution in [2.24, 2.45) is 11.8 Å². The molecule has 2 fully saturated rings. The third-order valence-electron chi connectivity index (χ3n) is 6.96. The Labute approximate surface area is 211 Å². The van der Waals surface area contributed by atoms with Crippen molar-refractivity contribution in [2.75, 3.05) is 6.54 Å². The van der Waals surface area contributed by atoms with Gasteiger partial charge in [-0.2, -0.15) is 0 Å². The van der Waals surface area contributed by atoms with E-state index in [1.165, 1.54) is 6.42 Å². The van der Waals surface area contributed by atoms with Gasteiger partial charge in [-0.1, -0.05) is 55.8 Å². The van der Waals surface area contributed by atoms with Gasteiger partial charge in [-0.25, -0.2) is 4.79 Å². The van der Waals surface area contributed by atoms with Crippen LogP contribution in [0.3, 0.4) is 0 Å². The van der Waals surface area contributed by atoms with Crippen LogP contribution < -0.4 is 16.0 Å². The summed E-state index contributed by atoms with van der Waals surface area (Å²) < 4.78 is 5.69. The summed E-state index contributed by atoms with van der Waals surface area (Å²) in [6.45, 7) is 4.08. The van der Waals surface area contributed by atoms with Gasteiger partial charge in [0.25, 0.3) is 0 Å². The van der Waals surface area contributed by atoms with Gasteiger partial charge in [0.15, 0.2) is 0 Å². The van der Waals surface area contributed by atoms with Crippen molar-refractivity contribution < 1.29 is 23.9 Å². The van der Waals surface area contributed by atoms with Crippen molar-refractivity contribution in [2.45, 2.75) is 82.9 Å². The fourth-order valence-electron chi connectivity index (χ4n) is 4.92. The molecule has 1 aliphatic carbocycles. The van der Waals surface area contributed by atoms with Crippen molar-refractivity contribution in [3.8, 4) is 0 Å².